The van der Waals surface area contributed by atoms with E-state index in [0.29, 0.717) is 38.0 Å². The van der Waals surface area contributed by atoms with Gasteiger partial charge in [-0.1, -0.05) is 5.16 Å². The smallest absolute Gasteiger partial charge is 0.362 e. The molecule has 2 atom stereocenters. The van der Waals surface area contributed by atoms with Gasteiger partial charge in [-0.3, -0.25) is 19.6 Å². The molecule has 2 amide bonds. The molecule has 0 spiro atoms. The number of nitrogens with one attached hydrogen (secondary N) is 2. The van der Waals surface area contributed by atoms with Crippen LogP contribution in [0.25, 0.3) is 0 Å². The van der Waals surface area contributed by atoms with E-state index in [0.717, 1.165) is 16.1 Å². The number of carboxylic acids is 1. The second-order valence-corrected chi connectivity index (χ2v) is 12.3. The number of aliphatic carboxylic acids is 1. The average molecular weight is 657 g/mol. The van der Waals surface area contributed by atoms with Crippen molar-refractivity contribution in [1.82, 2.24) is 34.5 Å². The molecule has 1 saturated heterocycles. The molecule has 44 heavy (non-hydrogen) atoms. The molecule has 0 unspecified atom stereocenters. The summed E-state index contributed by atoms with van der Waals surface area (Å²) in [5.74, 6) is -3.67. The zero-order valence-electron chi connectivity index (χ0n) is 23.2. The van der Waals surface area contributed by atoms with Gasteiger partial charge in [0.25, 0.3) is 11.8 Å². The maximum atomic E-state index is 13.4. The van der Waals surface area contributed by atoms with Gasteiger partial charge in [-0.15, -0.1) is 11.3 Å². The Bertz CT molecular complexity index is 1550. The molecule has 2 aromatic heterocycles. The van der Waals surface area contributed by atoms with Gasteiger partial charge in [0.05, 0.1) is 19.3 Å². The highest BCUT2D eigenvalue weighted by Crippen LogP contribution is 2.34. The summed E-state index contributed by atoms with van der Waals surface area (Å²) in [5, 5.41) is 33.4. The Morgan fingerprint density at radius 1 is 1.34 bits per heavy atom. The highest BCUT2D eigenvalue weighted by Gasteiger charge is 2.55. The quantitative estimate of drug-likeness (QED) is 0.0369. The second kappa shape index (κ2) is 13.1. The minimum atomic E-state index is -5.04. The van der Waals surface area contributed by atoms with Crippen molar-refractivity contribution in [3.8, 4) is 0 Å². The lowest BCUT2D eigenvalue weighted by Gasteiger charge is -2.43. The van der Waals surface area contributed by atoms with Crippen molar-refractivity contribution in [1.29, 1.82) is 5.41 Å². The molecule has 240 valence electrons. The van der Waals surface area contributed by atoms with Gasteiger partial charge >= 0.3 is 16.3 Å². The number of nitrogens with two attached hydrogens (primary N) is 3. The third kappa shape index (κ3) is 7.03. The lowest BCUT2D eigenvalue weighted by molar-refractivity contribution is -0.165. The van der Waals surface area contributed by atoms with Crippen LogP contribution in [0.15, 0.2) is 16.7 Å². The molecule has 1 saturated carbocycles. The Kier molecular flexibility index (Phi) is 9.66. The predicted molar refractivity (Wildman–Crippen MR) is 153 cm³/mol. The second-order valence-electron chi connectivity index (χ2n) is 10.1. The van der Waals surface area contributed by atoms with Gasteiger partial charge in [-0.2, -0.15) is 23.4 Å². The summed E-state index contributed by atoms with van der Waals surface area (Å²) in [7, 11) is -5.04. The highest BCUT2D eigenvalue weighted by atomic mass is 32.2. The first kappa shape index (κ1) is 32.5. The fourth-order valence-corrected chi connectivity index (χ4v) is 6.22. The molecule has 2 aromatic rings. The third-order valence-corrected chi connectivity index (χ3v) is 8.68. The Morgan fingerprint density at radius 2 is 2.05 bits per heavy atom. The number of anilines is 1. The largest absolute Gasteiger partial charge is 0.478 e. The van der Waals surface area contributed by atoms with Gasteiger partial charge in [-0.05, 0) is 25.8 Å². The number of carbonyl (C=O) groups is 3. The van der Waals surface area contributed by atoms with E-state index in [4.69, 9.17) is 27.4 Å². The van der Waals surface area contributed by atoms with E-state index in [1.165, 1.54) is 16.5 Å². The Hall–Kier alpha value is -4.41. The van der Waals surface area contributed by atoms with Crippen molar-refractivity contribution in [2.24, 2.45) is 16.6 Å². The Labute approximate surface area is 254 Å². The maximum Gasteiger partial charge on any atom is 0.362 e. The summed E-state index contributed by atoms with van der Waals surface area (Å²) < 4.78 is 33.9. The maximum absolute atomic E-state index is 13.4. The molecule has 3 heterocycles. The van der Waals surface area contributed by atoms with E-state index >= 15 is 0 Å². The standard InChI is InChI=1S/C22H32N12O8S2/c23-6-3-7-32(20(24)25)9-12-8-27-33(30-12)10-14-16(18(36)34(14)44(39,40)41)29-17(35)15(13-11-43-21(26)28-13)31-42-22(19(37)38)4-1-2-5-22/h8,11,14,16H,1-7,9-10,23H2,(H3,24,25)(H2,26,28)(H,29,35)(H,37,38)(H,39,40,41)/b31-15-/t14-,16+/m1/s1. The number of carbonyl (C=O) groups excluding carboxylic acids is 2. The lowest BCUT2D eigenvalue weighted by atomic mass is 9.98. The van der Waals surface area contributed by atoms with Crippen LogP contribution in [-0.2, 0) is 42.6 Å². The Morgan fingerprint density at radius 3 is 2.61 bits per heavy atom. The summed E-state index contributed by atoms with van der Waals surface area (Å²) in [5.41, 5.74) is 15.0. The third-order valence-electron chi connectivity index (χ3n) is 7.06. The number of carboxylic acid groups (broad SMARTS) is 1. The number of nitrogens with zero attached hydrogens (tertiary/aromatic N) is 7. The molecule has 4 rings (SSSR count). The van der Waals surface area contributed by atoms with Crippen LogP contribution >= 0.6 is 11.3 Å². The molecule has 0 bridgehead atoms. The van der Waals surface area contributed by atoms with Gasteiger partial charge < -0.3 is 37.4 Å². The number of rotatable bonds is 14. The minimum absolute atomic E-state index is 0.0661. The lowest BCUT2D eigenvalue weighted by Crippen LogP contribution is -2.73. The van der Waals surface area contributed by atoms with E-state index in [1.54, 1.807) is 0 Å². The number of nitrogen functional groups attached to an aromatic ring is 1. The highest BCUT2D eigenvalue weighted by molar-refractivity contribution is 7.84. The molecular formula is C22H32N12O8S2. The van der Waals surface area contributed by atoms with E-state index in [-0.39, 0.29) is 47.0 Å². The van der Waals surface area contributed by atoms with Crippen molar-refractivity contribution in [2.75, 3.05) is 18.8 Å². The molecule has 0 aromatic carbocycles. The summed E-state index contributed by atoms with van der Waals surface area (Å²) >= 11 is 0.967. The molecular weight excluding hydrogens is 624 g/mol. The molecule has 2 aliphatic rings. The number of hydrogen-bond donors (Lipinski definition) is 7. The van der Waals surface area contributed by atoms with Gasteiger partial charge in [-0.25, -0.2) is 14.1 Å². The van der Waals surface area contributed by atoms with Crippen LogP contribution in [0.5, 0.6) is 0 Å². The number of amides is 2. The fraction of sp³-hybridized carbons (Fsp3) is 0.545. The number of thiazole rings is 1. The number of oxime groups is 1. The first-order chi connectivity index (χ1) is 20.8. The number of β-lactam (4-membered cyclic amide) rings is 1. The number of hydrogen-bond acceptors (Lipinski definition) is 14. The molecule has 10 N–H and O–H groups in total. The zero-order chi connectivity index (χ0) is 32.2. The van der Waals surface area contributed by atoms with E-state index in [1.807, 2.05) is 0 Å². The normalized spacial score (nSPS) is 19.8. The van der Waals surface area contributed by atoms with Crippen LogP contribution in [0.1, 0.15) is 43.5 Å². The summed E-state index contributed by atoms with van der Waals surface area (Å²) in [6.07, 6.45) is 3.36. The van der Waals surface area contributed by atoms with Crippen molar-refractivity contribution >= 4 is 56.2 Å². The van der Waals surface area contributed by atoms with Crippen LogP contribution in [0.4, 0.5) is 5.13 Å². The first-order valence-corrected chi connectivity index (χ1v) is 15.5. The molecule has 20 nitrogen and oxygen atoms in total. The van der Waals surface area contributed by atoms with Crippen molar-refractivity contribution in [3.05, 3.63) is 23.0 Å². The molecule has 0 radical (unpaired) electrons. The average Bonchev–Trinajstić information content (AvgIpc) is 3.71. The van der Waals surface area contributed by atoms with Crippen LogP contribution in [0, 0.1) is 5.41 Å². The number of guanidine groups is 1. The summed E-state index contributed by atoms with van der Waals surface area (Å²) in [4.78, 5) is 50.1. The predicted octanol–water partition coefficient (Wildman–Crippen LogP) is -2.32. The van der Waals surface area contributed by atoms with Crippen molar-refractivity contribution in [2.45, 2.75) is 62.9 Å². The van der Waals surface area contributed by atoms with Gasteiger partial charge in [0.15, 0.2) is 16.8 Å². The Balaban J connectivity index is 1.55. The van der Waals surface area contributed by atoms with Gasteiger partial charge in [0.1, 0.15) is 23.5 Å². The molecule has 22 heteroatoms. The molecule has 1 aliphatic carbocycles. The van der Waals surface area contributed by atoms with E-state index in [2.05, 4.69) is 25.7 Å². The first-order valence-electron chi connectivity index (χ1n) is 13.3. The minimum Gasteiger partial charge on any atom is -0.478 e. The van der Waals surface area contributed by atoms with Crippen LogP contribution in [0.2, 0.25) is 0 Å². The topological polar surface area (TPSA) is 311 Å². The van der Waals surface area contributed by atoms with E-state index < -0.39 is 51.5 Å². The molecule has 1 aliphatic heterocycles. The fourth-order valence-electron chi connectivity index (χ4n) is 4.80. The van der Waals surface area contributed by atoms with E-state index in [9.17, 15) is 32.5 Å². The monoisotopic (exact) mass is 656 g/mol. The summed E-state index contributed by atoms with van der Waals surface area (Å²) in [6.45, 7) is 0.468. The van der Waals surface area contributed by atoms with Crippen LogP contribution in [0.3, 0.4) is 0 Å². The van der Waals surface area contributed by atoms with Gasteiger partial charge in [0.2, 0.25) is 5.60 Å². The SMILES string of the molecule is N=C(N)N(CCCN)Cc1cnn(C[C@@H]2[C@H](NC(=O)/C(=N\OC3(C(=O)O)CCCC3)c3csc(N)n3)C(=O)N2S(=O)(=O)O)n1. The van der Waals surface area contributed by atoms with Crippen molar-refractivity contribution < 1.29 is 37.3 Å². The van der Waals surface area contributed by atoms with Crippen LogP contribution < -0.4 is 22.5 Å². The van der Waals surface area contributed by atoms with Crippen LogP contribution in [-0.4, -0.2) is 107 Å². The van der Waals surface area contributed by atoms with Gasteiger partial charge in [0, 0.05) is 24.8 Å². The summed E-state index contributed by atoms with van der Waals surface area (Å²) in [6, 6.07) is -2.87. The van der Waals surface area contributed by atoms with Crippen molar-refractivity contribution in [3.63, 3.8) is 0 Å². The zero-order valence-corrected chi connectivity index (χ0v) is 24.8. The molecule has 2 fully saturated rings. The number of aromatic nitrogens is 4.